The Morgan fingerprint density at radius 3 is 2.10 bits per heavy atom. The SMILES string of the molecule is CO[C@@H](CNS(=O)(=O)c1ccccc1)c1ccccc1. The summed E-state index contributed by atoms with van der Waals surface area (Å²) in [7, 11) is -1.94. The van der Waals surface area contributed by atoms with Crippen molar-refractivity contribution >= 4 is 10.0 Å². The highest BCUT2D eigenvalue weighted by atomic mass is 32.2. The number of hydrogen-bond acceptors (Lipinski definition) is 3. The van der Waals surface area contributed by atoms with Crippen LogP contribution in [0.15, 0.2) is 65.6 Å². The molecule has 20 heavy (non-hydrogen) atoms. The number of benzene rings is 2. The first kappa shape index (κ1) is 14.7. The molecule has 0 spiro atoms. The molecular formula is C15H17NO3S. The van der Waals surface area contributed by atoms with Gasteiger partial charge in [-0.3, -0.25) is 0 Å². The van der Waals surface area contributed by atoms with Crippen molar-refractivity contribution in [1.82, 2.24) is 4.72 Å². The molecule has 1 N–H and O–H groups in total. The van der Waals surface area contributed by atoms with Crippen LogP contribution >= 0.6 is 0 Å². The van der Waals surface area contributed by atoms with Crippen molar-refractivity contribution in [2.75, 3.05) is 13.7 Å². The molecule has 0 aliphatic rings. The van der Waals surface area contributed by atoms with Crippen LogP contribution in [0.5, 0.6) is 0 Å². The molecule has 2 aromatic rings. The first-order chi connectivity index (χ1) is 9.63. The summed E-state index contributed by atoms with van der Waals surface area (Å²) in [5.41, 5.74) is 0.936. The van der Waals surface area contributed by atoms with Crippen LogP contribution in [-0.2, 0) is 14.8 Å². The molecule has 0 bridgehead atoms. The summed E-state index contributed by atoms with van der Waals surface area (Å²) in [5, 5.41) is 0. The summed E-state index contributed by atoms with van der Waals surface area (Å²) >= 11 is 0. The van der Waals surface area contributed by atoms with Gasteiger partial charge in [-0.25, -0.2) is 13.1 Å². The summed E-state index contributed by atoms with van der Waals surface area (Å²) in [5.74, 6) is 0. The first-order valence-electron chi connectivity index (χ1n) is 6.26. The third kappa shape index (κ3) is 3.66. The van der Waals surface area contributed by atoms with Gasteiger partial charge in [-0.2, -0.15) is 0 Å². The zero-order valence-corrected chi connectivity index (χ0v) is 12.0. The van der Waals surface area contributed by atoms with Gasteiger partial charge in [0.2, 0.25) is 10.0 Å². The number of hydrogen-bond donors (Lipinski definition) is 1. The van der Waals surface area contributed by atoms with Gasteiger partial charge in [-0.05, 0) is 17.7 Å². The topological polar surface area (TPSA) is 55.4 Å². The van der Waals surface area contributed by atoms with Crippen LogP contribution in [0.25, 0.3) is 0 Å². The van der Waals surface area contributed by atoms with Gasteiger partial charge >= 0.3 is 0 Å². The quantitative estimate of drug-likeness (QED) is 0.889. The van der Waals surface area contributed by atoms with E-state index in [1.54, 1.807) is 37.4 Å². The standard InChI is InChI=1S/C15H17NO3S/c1-19-15(13-8-4-2-5-9-13)12-16-20(17,18)14-10-6-3-7-11-14/h2-11,15-16H,12H2,1H3/t15-/m0/s1. The minimum absolute atomic E-state index is 0.192. The molecule has 2 rings (SSSR count). The molecule has 0 radical (unpaired) electrons. The van der Waals surface area contributed by atoms with Gasteiger partial charge in [0.25, 0.3) is 0 Å². The van der Waals surface area contributed by atoms with Gasteiger partial charge in [0.1, 0.15) is 0 Å². The molecule has 0 fully saturated rings. The second kappa shape index (κ2) is 6.65. The highest BCUT2D eigenvalue weighted by Crippen LogP contribution is 2.16. The summed E-state index contributed by atoms with van der Waals surface area (Å²) in [4.78, 5) is 0.253. The van der Waals surface area contributed by atoms with E-state index < -0.39 is 10.0 Å². The summed E-state index contributed by atoms with van der Waals surface area (Å²) in [6.45, 7) is 0.192. The van der Waals surface area contributed by atoms with Crippen LogP contribution < -0.4 is 4.72 Å². The molecule has 0 heterocycles. The molecule has 0 saturated heterocycles. The van der Waals surface area contributed by atoms with E-state index in [4.69, 9.17) is 4.74 Å². The molecule has 4 nitrogen and oxygen atoms in total. The monoisotopic (exact) mass is 291 g/mol. The maximum Gasteiger partial charge on any atom is 0.240 e. The minimum atomic E-state index is -3.50. The number of methoxy groups -OCH3 is 1. The van der Waals surface area contributed by atoms with Crippen LogP contribution in [0.2, 0.25) is 0 Å². The molecule has 5 heteroatoms. The predicted octanol–water partition coefficient (Wildman–Crippen LogP) is 2.35. The average Bonchev–Trinajstić information content (AvgIpc) is 2.50. The summed E-state index contributed by atoms with van der Waals surface area (Å²) in [6, 6.07) is 17.8. The Morgan fingerprint density at radius 2 is 1.55 bits per heavy atom. The summed E-state index contributed by atoms with van der Waals surface area (Å²) < 4.78 is 32.1. The van der Waals surface area contributed by atoms with E-state index in [0.29, 0.717) is 0 Å². The van der Waals surface area contributed by atoms with E-state index in [2.05, 4.69) is 4.72 Å². The Morgan fingerprint density at radius 1 is 1.00 bits per heavy atom. The highest BCUT2D eigenvalue weighted by Gasteiger charge is 2.17. The van der Waals surface area contributed by atoms with Gasteiger partial charge < -0.3 is 4.74 Å². The van der Waals surface area contributed by atoms with Crippen molar-refractivity contribution in [1.29, 1.82) is 0 Å². The largest absolute Gasteiger partial charge is 0.375 e. The Balaban J connectivity index is 2.07. The van der Waals surface area contributed by atoms with Crippen LogP contribution in [0.4, 0.5) is 0 Å². The zero-order chi connectivity index (χ0) is 14.4. The highest BCUT2D eigenvalue weighted by molar-refractivity contribution is 7.89. The smallest absolute Gasteiger partial charge is 0.240 e. The average molecular weight is 291 g/mol. The van der Waals surface area contributed by atoms with E-state index in [0.717, 1.165) is 5.56 Å². The molecule has 1 atom stereocenters. The Bertz CT molecular complexity index is 627. The molecule has 0 aliphatic carbocycles. The van der Waals surface area contributed by atoms with E-state index in [1.807, 2.05) is 30.3 Å². The van der Waals surface area contributed by atoms with Crippen molar-refractivity contribution in [3.05, 3.63) is 66.2 Å². The Hall–Kier alpha value is -1.69. The van der Waals surface area contributed by atoms with Crippen LogP contribution in [0.1, 0.15) is 11.7 Å². The fourth-order valence-corrected chi connectivity index (χ4v) is 2.93. The molecule has 0 unspecified atom stereocenters. The Labute approximate surface area is 119 Å². The second-order valence-electron chi connectivity index (χ2n) is 4.30. The maximum absolute atomic E-state index is 12.1. The van der Waals surface area contributed by atoms with Crippen molar-refractivity contribution in [3.63, 3.8) is 0 Å². The lowest BCUT2D eigenvalue weighted by molar-refractivity contribution is 0.107. The molecular weight excluding hydrogens is 274 g/mol. The van der Waals surface area contributed by atoms with Gasteiger partial charge in [0.05, 0.1) is 11.0 Å². The lowest BCUT2D eigenvalue weighted by Gasteiger charge is -2.16. The van der Waals surface area contributed by atoms with Gasteiger partial charge in [-0.15, -0.1) is 0 Å². The van der Waals surface area contributed by atoms with Crippen molar-refractivity contribution < 1.29 is 13.2 Å². The lowest BCUT2D eigenvalue weighted by Crippen LogP contribution is -2.29. The Kier molecular flexibility index (Phi) is 4.89. The van der Waals surface area contributed by atoms with Crippen LogP contribution in [0, 0.1) is 0 Å². The van der Waals surface area contributed by atoms with Gasteiger partial charge in [-0.1, -0.05) is 48.5 Å². The van der Waals surface area contributed by atoms with Crippen molar-refractivity contribution in [2.24, 2.45) is 0 Å². The molecule has 0 aromatic heterocycles. The third-order valence-corrected chi connectivity index (χ3v) is 4.41. The van der Waals surface area contributed by atoms with Crippen molar-refractivity contribution in [2.45, 2.75) is 11.0 Å². The van der Waals surface area contributed by atoms with Crippen LogP contribution in [0.3, 0.4) is 0 Å². The number of ether oxygens (including phenoxy) is 1. The fourth-order valence-electron chi connectivity index (χ4n) is 1.87. The molecule has 0 amide bonds. The van der Waals surface area contributed by atoms with E-state index >= 15 is 0 Å². The fraction of sp³-hybridized carbons (Fsp3) is 0.200. The molecule has 0 saturated carbocycles. The summed E-state index contributed by atoms with van der Waals surface area (Å²) in [6.07, 6.45) is -0.310. The van der Waals surface area contributed by atoms with Crippen LogP contribution in [-0.4, -0.2) is 22.1 Å². The molecule has 106 valence electrons. The molecule has 0 aliphatic heterocycles. The van der Waals surface area contributed by atoms with Gasteiger partial charge in [0.15, 0.2) is 0 Å². The minimum Gasteiger partial charge on any atom is -0.375 e. The van der Waals surface area contributed by atoms with Crippen molar-refractivity contribution in [3.8, 4) is 0 Å². The third-order valence-electron chi connectivity index (χ3n) is 2.97. The van der Waals surface area contributed by atoms with Gasteiger partial charge in [0, 0.05) is 13.7 Å². The zero-order valence-electron chi connectivity index (χ0n) is 11.2. The van der Waals surface area contributed by atoms with E-state index in [9.17, 15) is 8.42 Å². The molecule has 2 aromatic carbocycles. The maximum atomic E-state index is 12.1. The number of rotatable bonds is 6. The predicted molar refractivity (Wildman–Crippen MR) is 77.8 cm³/mol. The normalized spacial score (nSPS) is 13.1. The number of nitrogens with one attached hydrogen (secondary N) is 1. The lowest BCUT2D eigenvalue weighted by atomic mass is 10.1. The first-order valence-corrected chi connectivity index (χ1v) is 7.74. The number of sulfonamides is 1. The second-order valence-corrected chi connectivity index (χ2v) is 6.07. The van der Waals surface area contributed by atoms with E-state index in [-0.39, 0.29) is 17.5 Å². The van der Waals surface area contributed by atoms with E-state index in [1.165, 1.54) is 0 Å².